The number of carbonyl (C=O) groups is 1. The number of nitrogens with zero attached hydrogens (tertiary/aromatic N) is 1. The summed E-state index contributed by atoms with van der Waals surface area (Å²) in [6, 6.07) is 3.49. The third kappa shape index (κ3) is 6.44. The van der Waals surface area contributed by atoms with Gasteiger partial charge in [-0.25, -0.2) is 4.79 Å². The third-order valence-corrected chi connectivity index (χ3v) is 10.4. The second-order valence-electron chi connectivity index (χ2n) is 10.6. The second-order valence-corrected chi connectivity index (χ2v) is 15.3. The molecule has 1 heterocycles. The zero-order valence-corrected chi connectivity index (χ0v) is 20.3. The van der Waals surface area contributed by atoms with Crippen LogP contribution in [-0.4, -0.2) is 30.7 Å². The normalized spacial score (nSPS) is 21.0. The third-order valence-electron chi connectivity index (χ3n) is 5.87. The number of pyridine rings is 1. The van der Waals surface area contributed by atoms with Crippen LogP contribution in [0.1, 0.15) is 73.3 Å². The molecule has 29 heavy (non-hydrogen) atoms. The summed E-state index contributed by atoms with van der Waals surface area (Å²) in [6.45, 7) is 16.7. The maximum absolute atomic E-state index is 13.0. The minimum Gasteiger partial charge on any atom is -0.444 e. The van der Waals surface area contributed by atoms with Crippen LogP contribution in [0.3, 0.4) is 0 Å². The molecule has 1 aliphatic rings. The van der Waals surface area contributed by atoms with Gasteiger partial charge in [-0.1, -0.05) is 20.8 Å². The number of rotatable bonds is 4. The number of hydrogen-bond donors (Lipinski definition) is 1. The van der Waals surface area contributed by atoms with E-state index in [4.69, 9.17) is 9.16 Å². The first-order valence-corrected chi connectivity index (χ1v) is 13.5. The van der Waals surface area contributed by atoms with Crippen LogP contribution in [0.4, 0.5) is 10.5 Å². The van der Waals surface area contributed by atoms with E-state index in [1.807, 2.05) is 6.20 Å². The molecule has 0 saturated heterocycles. The molecule has 1 aliphatic carbocycles. The molecule has 0 radical (unpaired) electrons. The smallest absolute Gasteiger partial charge is 0.412 e. The monoisotopic (exact) mass is 422 g/mol. The molecule has 1 amide bonds. The van der Waals surface area contributed by atoms with Crippen LogP contribution in [0.5, 0.6) is 0 Å². The van der Waals surface area contributed by atoms with Crippen molar-refractivity contribution in [2.24, 2.45) is 0 Å². The fraction of sp³-hybridized carbons (Fsp3) is 0.727. The van der Waals surface area contributed by atoms with E-state index >= 15 is 0 Å². The summed E-state index contributed by atoms with van der Waals surface area (Å²) in [7, 11) is -1.85. The Labute approximate surface area is 176 Å². The maximum Gasteiger partial charge on any atom is 0.412 e. The SMILES string of the molecule is CC(C)(C)OC(=O)Nc1cccn(C2CCCC(O[Si](C)(C)C(C)(C)C)C2)c1=O. The Balaban J connectivity index is 2.14. The van der Waals surface area contributed by atoms with Crippen molar-refractivity contribution in [2.45, 2.75) is 103 Å². The molecule has 2 atom stereocenters. The van der Waals surface area contributed by atoms with Crippen molar-refractivity contribution in [3.8, 4) is 0 Å². The predicted octanol–water partition coefficient (Wildman–Crippen LogP) is 5.70. The van der Waals surface area contributed by atoms with Crippen LogP contribution in [-0.2, 0) is 9.16 Å². The Morgan fingerprint density at radius 1 is 1.17 bits per heavy atom. The largest absolute Gasteiger partial charge is 0.444 e. The molecular weight excluding hydrogens is 384 g/mol. The summed E-state index contributed by atoms with van der Waals surface area (Å²) in [5, 5.41) is 2.76. The van der Waals surface area contributed by atoms with Crippen LogP contribution in [0, 0.1) is 0 Å². The Hall–Kier alpha value is -1.60. The molecule has 2 rings (SSSR count). The number of amides is 1. The number of anilines is 1. The number of nitrogens with one attached hydrogen (secondary N) is 1. The molecule has 2 unspecified atom stereocenters. The highest BCUT2D eigenvalue weighted by Crippen LogP contribution is 2.40. The number of carbonyl (C=O) groups excluding carboxylic acids is 1. The van der Waals surface area contributed by atoms with Gasteiger partial charge in [-0.05, 0) is 76.7 Å². The van der Waals surface area contributed by atoms with E-state index in [1.165, 1.54) is 0 Å². The highest BCUT2D eigenvalue weighted by molar-refractivity contribution is 6.74. The van der Waals surface area contributed by atoms with Gasteiger partial charge in [0.25, 0.3) is 5.56 Å². The van der Waals surface area contributed by atoms with Gasteiger partial charge in [0.05, 0.1) is 0 Å². The zero-order chi connectivity index (χ0) is 22.0. The van der Waals surface area contributed by atoms with Crippen LogP contribution >= 0.6 is 0 Å². The molecule has 6 nitrogen and oxygen atoms in total. The number of aromatic nitrogens is 1. The van der Waals surface area contributed by atoms with E-state index < -0.39 is 20.0 Å². The van der Waals surface area contributed by atoms with Gasteiger partial charge in [0.15, 0.2) is 8.32 Å². The highest BCUT2D eigenvalue weighted by Gasteiger charge is 2.40. The minimum absolute atomic E-state index is 0.0754. The lowest BCUT2D eigenvalue weighted by molar-refractivity contribution is 0.0635. The molecule has 0 spiro atoms. The van der Waals surface area contributed by atoms with Crippen LogP contribution in [0.25, 0.3) is 0 Å². The van der Waals surface area contributed by atoms with Crippen molar-refractivity contribution in [3.05, 3.63) is 28.7 Å². The average Bonchev–Trinajstić information content (AvgIpc) is 2.54. The summed E-state index contributed by atoms with van der Waals surface area (Å²) in [5.74, 6) is 0. The summed E-state index contributed by atoms with van der Waals surface area (Å²) in [5.41, 5.74) is -0.569. The minimum atomic E-state index is -1.85. The van der Waals surface area contributed by atoms with Crippen molar-refractivity contribution in [1.82, 2.24) is 4.57 Å². The second kappa shape index (κ2) is 8.64. The average molecular weight is 423 g/mol. The topological polar surface area (TPSA) is 69.6 Å². The summed E-state index contributed by atoms with van der Waals surface area (Å²) in [6.07, 6.45) is 5.18. The number of hydrogen-bond acceptors (Lipinski definition) is 4. The van der Waals surface area contributed by atoms with E-state index in [0.29, 0.717) is 0 Å². The van der Waals surface area contributed by atoms with Crippen LogP contribution < -0.4 is 10.9 Å². The van der Waals surface area contributed by atoms with E-state index in [-0.39, 0.29) is 28.4 Å². The molecule has 0 aliphatic heterocycles. The van der Waals surface area contributed by atoms with Crippen molar-refractivity contribution in [2.75, 3.05) is 5.32 Å². The van der Waals surface area contributed by atoms with Crippen LogP contribution in [0.2, 0.25) is 18.1 Å². The van der Waals surface area contributed by atoms with Gasteiger partial charge in [-0.2, -0.15) is 0 Å². The van der Waals surface area contributed by atoms with Gasteiger partial charge < -0.3 is 13.7 Å². The Morgan fingerprint density at radius 3 is 2.41 bits per heavy atom. The molecule has 7 heteroatoms. The molecule has 1 aromatic rings. The van der Waals surface area contributed by atoms with Crippen molar-refractivity contribution in [1.29, 1.82) is 0 Å². The molecular formula is C22H38N2O4Si. The Kier molecular flexibility index (Phi) is 7.05. The molecule has 1 aromatic heterocycles. The quantitative estimate of drug-likeness (QED) is 0.632. The van der Waals surface area contributed by atoms with Crippen molar-refractivity contribution < 1.29 is 14.0 Å². The van der Waals surface area contributed by atoms with Gasteiger partial charge in [0.2, 0.25) is 0 Å². The first-order valence-electron chi connectivity index (χ1n) is 10.6. The van der Waals surface area contributed by atoms with Gasteiger partial charge in [-0.15, -0.1) is 0 Å². The predicted molar refractivity (Wildman–Crippen MR) is 120 cm³/mol. The van der Waals surface area contributed by atoms with Crippen LogP contribution in [0.15, 0.2) is 23.1 Å². The molecule has 1 saturated carbocycles. The van der Waals surface area contributed by atoms with Crippen molar-refractivity contribution >= 4 is 20.1 Å². The van der Waals surface area contributed by atoms with E-state index in [0.717, 1.165) is 25.7 Å². The molecule has 0 bridgehead atoms. The van der Waals surface area contributed by atoms with E-state index in [2.05, 4.69) is 39.2 Å². The van der Waals surface area contributed by atoms with E-state index in [9.17, 15) is 9.59 Å². The lowest BCUT2D eigenvalue weighted by atomic mass is 9.93. The molecule has 1 N–H and O–H groups in total. The lowest BCUT2D eigenvalue weighted by Gasteiger charge is -2.41. The zero-order valence-electron chi connectivity index (χ0n) is 19.3. The summed E-state index contributed by atoms with van der Waals surface area (Å²) in [4.78, 5) is 25.1. The fourth-order valence-electron chi connectivity index (χ4n) is 3.38. The van der Waals surface area contributed by atoms with Gasteiger partial charge in [0, 0.05) is 18.3 Å². The highest BCUT2D eigenvalue weighted by atomic mass is 28.4. The summed E-state index contributed by atoms with van der Waals surface area (Å²) >= 11 is 0. The molecule has 164 valence electrons. The molecule has 0 aromatic carbocycles. The fourth-order valence-corrected chi connectivity index (χ4v) is 4.78. The summed E-state index contributed by atoms with van der Waals surface area (Å²) < 4.78 is 13.6. The van der Waals surface area contributed by atoms with Gasteiger partial charge >= 0.3 is 6.09 Å². The lowest BCUT2D eigenvalue weighted by Crippen LogP contribution is -2.45. The van der Waals surface area contributed by atoms with Crippen molar-refractivity contribution in [3.63, 3.8) is 0 Å². The maximum atomic E-state index is 13.0. The first kappa shape index (κ1) is 23.7. The Bertz CT molecular complexity index is 774. The van der Waals surface area contributed by atoms with E-state index in [1.54, 1.807) is 37.5 Å². The Morgan fingerprint density at radius 2 is 1.83 bits per heavy atom. The molecule has 1 fully saturated rings. The van der Waals surface area contributed by atoms with Gasteiger partial charge in [-0.3, -0.25) is 10.1 Å². The van der Waals surface area contributed by atoms with Gasteiger partial charge in [0.1, 0.15) is 11.3 Å². The number of ether oxygens (including phenoxy) is 1. The standard InChI is InChI=1S/C22H38N2O4Si/c1-21(2,3)27-20(26)23-18-13-10-14-24(19(18)25)16-11-9-12-17(15-16)28-29(7,8)22(4,5)6/h10,13-14,16-17H,9,11-12,15H2,1-8H3,(H,23,26). The first-order chi connectivity index (χ1) is 13.2.